The normalized spacial score (nSPS) is 13.8. The van der Waals surface area contributed by atoms with Gasteiger partial charge in [-0.15, -0.1) is 0 Å². The van der Waals surface area contributed by atoms with Gasteiger partial charge in [0.25, 0.3) is 5.69 Å². The molecule has 102 valence electrons. The molecule has 3 heteroatoms. The summed E-state index contributed by atoms with van der Waals surface area (Å²) in [4.78, 5) is 10.3. The molecule has 0 heterocycles. The fraction of sp³-hybridized carbons (Fsp3) is 0.294. The molecule has 0 bridgehead atoms. The number of rotatable bonds is 2. The van der Waals surface area contributed by atoms with Crippen LogP contribution < -0.4 is 0 Å². The van der Waals surface area contributed by atoms with Crippen LogP contribution in [0.25, 0.3) is 11.1 Å². The molecule has 3 rings (SSSR count). The van der Waals surface area contributed by atoms with Crippen LogP contribution in [0, 0.1) is 17.0 Å². The molecule has 0 saturated heterocycles. The number of non-ortho nitro benzene ring substituents is 1. The van der Waals surface area contributed by atoms with E-state index in [1.807, 2.05) is 12.1 Å². The van der Waals surface area contributed by atoms with Crippen molar-refractivity contribution in [3.05, 3.63) is 63.2 Å². The van der Waals surface area contributed by atoms with E-state index in [2.05, 4.69) is 19.1 Å². The van der Waals surface area contributed by atoms with Crippen LogP contribution in [0.5, 0.6) is 0 Å². The monoisotopic (exact) mass is 267 g/mol. The third kappa shape index (κ3) is 2.31. The molecule has 0 N–H and O–H groups in total. The smallest absolute Gasteiger partial charge is 0.258 e. The van der Waals surface area contributed by atoms with Crippen LogP contribution in [0.15, 0.2) is 36.4 Å². The van der Waals surface area contributed by atoms with Gasteiger partial charge in [0.15, 0.2) is 0 Å². The molecule has 0 aromatic heterocycles. The fourth-order valence-corrected chi connectivity index (χ4v) is 3.03. The van der Waals surface area contributed by atoms with Crippen molar-refractivity contribution >= 4 is 5.69 Å². The summed E-state index contributed by atoms with van der Waals surface area (Å²) < 4.78 is 0. The molecule has 0 unspecified atom stereocenters. The highest BCUT2D eigenvalue weighted by atomic mass is 16.6. The Morgan fingerprint density at radius 1 is 1.00 bits per heavy atom. The van der Waals surface area contributed by atoms with Crippen LogP contribution in [0.1, 0.15) is 29.5 Å². The number of nitrogens with zero attached hydrogens (tertiary/aromatic N) is 1. The Kier molecular flexibility index (Phi) is 3.26. The molecule has 2 aromatic carbocycles. The molecule has 0 aliphatic heterocycles. The Hall–Kier alpha value is -2.16. The van der Waals surface area contributed by atoms with Crippen LogP contribution in [0.2, 0.25) is 0 Å². The average molecular weight is 267 g/mol. The number of hydrogen-bond acceptors (Lipinski definition) is 2. The van der Waals surface area contributed by atoms with E-state index >= 15 is 0 Å². The lowest BCUT2D eigenvalue weighted by molar-refractivity contribution is -0.384. The van der Waals surface area contributed by atoms with Gasteiger partial charge in [0.05, 0.1) is 4.92 Å². The van der Waals surface area contributed by atoms with Crippen molar-refractivity contribution in [3.8, 4) is 11.1 Å². The largest absolute Gasteiger partial charge is 0.269 e. The standard InChI is InChI=1S/C17H17NO2/c1-12-10-15(11-14-4-2-3-5-17(12)14)13-6-8-16(9-7-13)18(19)20/h6-11H,2-5H2,1H3. The molecule has 20 heavy (non-hydrogen) atoms. The maximum atomic E-state index is 10.7. The Morgan fingerprint density at radius 2 is 1.70 bits per heavy atom. The molecule has 3 nitrogen and oxygen atoms in total. The Morgan fingerprint density at radius 3 is 2.40 bits per heavy atom. The van der Waals surface area contributed by atoms with E-state index < -0.39 is 0 Å². The predicted molar refractivity (Wildman–Crippen MR) is 79.9 cm³/mol. The van der Waals surface area contributed by atoms with Gasteiger partial charge in [-0.3, -0.25) is 10.1 Å². The summed E-state index contributed by atoms with van der Waals surface area (Å²) in [6.07, 6.45) is 4.87. The molecule has 0 amide bonds. The van der Waals surface area contributed by atoms with E-state index in [9.17, 15) is 10.1 Å². The van der Waals surface area contributed by atoms with Gasteiger partial charge >= 0.3 is 0 Å². The van der Waals surface area contributed by atoms with E-state index in [1.54, 1.807) is 12.1 Å². The second kappa shape index (κ2) is 5.08. The van der Waals surface area contributed by atoms with E-state index in [4.69, 9.17) is 0 Å². The quantitative estimate of drug-likeness (QED) is 0.596. The van der Waals surface area contributed by atoms with Crippen molar-refractivity contribution < 1.29 is 4.92 Å². The maximum absolute atomic E-state index is 10.7. The highest BCUT2D eigenvalue weighted by molar-refractivity contribution is 5.67. The van der Waals surface area contributed by atoms with Crippen LogP contribution in [-0.2, 0) is 12.8 Å². The summed E-state index contributed by atoms with van der Waals surface area (Å²) in [5.74, 6) is 0. The second-order valence-corrected chi connectivity index (χ2v) is 5.44. The van der Waals surface area contributed by atoms with Gasteiger partial charge in [-0.05, 0) is 72.6 Å². The van der Waals surface area contributed by atoms with Crippen molar-refractivity contribution in [2.45, 2.75) is 32.6 Å². The summed E-state index contributed by atoms with van der Waals surface area (Å²) in [7, 11) is 0. The number of hydrogen-bond donors (Lipinski definition) is 0. The summed E-state index contributed by atoms with van der Waals surface area (Å²) in [6.45, 7) is 2.17. The molecule has 2 aromatic rings. The first-order valence-electron chi connectivity index (χ1n) is 7.02. The lowest BCUT2D eigenvalue weighted by atomic mass is 9.86. The van der Waals surface area contributed by atoms with Gasteiger partial charge in [-0.1, -0.05) is 12.1 Å². The van der Waals surface area contributed by atoms with Gasteiger partial charge in [0.1, 0.15) is 0 Å². The average Bonchev–Trinajstić information content (AvgIpc) is 2.47. The van der Waals surface area contributed by atoms with Gasteiger partial charge < -0.3 is 0 Å². The maximum Gasteiger partial charge on any atom is 0.269 e. The molecule has 0 atom stereocenters. The van der Waals surface area contributed by atoms with E-state index in [1.165, 1.54) is 36.0 Å². The minimum Gasteiger partial charge on any atom is -0.258 e. The molecular weight excluding hydrogens is 250 g/mol. The molecular formula is C17H17NO2. The highest BCUT2D eigenvalue weighted by Crippen LogP contribution is 2.31. The minimum absolute atomic E-state index is 0.142. The zero-order chi connectivity index (χ0) is 14.1. The molecule has 1 aliphatic carbocycles. The molecule has 0 fully saturated rings. The first-order valence-corrected chi connectivity index (χ1v) is 7.02. The van der Waals surface area contributed by atoms with Crippen molar-refractivity contribution in [2.24, 2.45) is 0 Å². The van der Waals surface area contributed by atoms with Crippen LogP contribution in [0.4, 0.5) is 5.69 Å². The van der Waals surface area contributed by atoms with Gasteiger partial charge in [0.2, 0.25) is 0 Å². The van der Waals surface area contributed by atoms with Gasteiger partial charge in [0, 0.05) is 12.1 Å². The van der Waals surface area contributed by atoms with Crippen LogP contribution >= 0.6 is 0 Å². The van der Waals surface area contributed by atoms with Gasteiger partial charge in [-0.25, -0.2) is 0 Å². The summed E-state index contributed by atoms with van der Waals surface area (Å²) in [5, 5.41) is 10.7. The number of nitro benzene ring substituents is 1. The lowest BCUT2D eigenvalue weighted by Gasteiger charge is -2.19. The third-order valence-corrected chi connectivity index (χ3v) is 4.10. The lowest BCUT2D eigenvalue weighted by Crippen LogP contribution is -2.05. The van der Waals surface area contributed by atoms with Crippen molar-refractivity contribution in [1.29, 1.82) is 0 Å². The van der Waals surface area contributed by atoms with Crippen molar-refractivity contribution in [2.75, 3.05) is 0 Å². The fourth-order valence-electron chi connectivity index (χ4n) is 3.03. The zero-order valence-electron chi connectivity index (χ0n) is 11.6. The van der Waals surface area contributed by atoms with Crippen molar-refractivity contribution in [1.82, 2.24) is 0 Å². The number of nitro groups is 1. The Balaban J connectivity index is 2.01. The minimum atomic E-state index is -0.359. The summed E-state index contributed by atoms with van der Waals surface area (Å²) in [6, 6.07) is 11.3. The second-order valence-electron chi connectivity index (χ2n) is 5.44. The Labute approximate surface area is 118 Å². The first-order chi connectivity index (χ1) is 9.65. The number of benzene rings is 2. The third-order valence-electron chi connectivity index (χ3n) is 4.10. The van der Waals surface area contributed by atoms with Gasteiger partial charge in [-0.2, -0.15) is 0 Å². The molecule has 0 spiro atoms. The van der Waals surface area contributed by atoms with E-state index in [-0.39, 0.29) is 10.6 Å². The van der Waals surface area contributed by atoms with Crippen LogP contribution in [0.3, 0.4) is 0 Å². The SMILES string of the molecule is Cc1cc(-c2ccc([N+](=O)[O-])cc2)cc2c1CCCC2. The van der Waals surface area contributed by atoms with E-state index in [0.717, 1.165) is 17.5 Å². The molecule has 0 radical (unpaired) electrons. The Bertz CT molecular complexity index is 659. The van der Waals surface area contributed by atoms with E-state index in [0.29, 0.717) is 0 Å². The molecule has 0 saturated carbocycles. The topological polar surface area (TPSA) is 43.1 Å². The first kappa shape index (κ1) is 12.9. The predicted octanol–water partition coefficient (Wildman–Crippen LogP) is 4.45. The highest BCUT2D eigenvalue weighted by Gasteiger charge is 2.13. The van der Waals surface area contributed by atoms with Crippen molar-refractivity contribution in [3.63, 3.8) is 0 Å². The number of fused-ring (bicyclic) bond motifs is 1. The number of aryl methyl sites for hydroxylation is 2. The zero-order valence-corrected chi connectivity index (χ0v) is 11.6. The summed E-state index contributed by atoms with van der Waals surface area (Å²) >= 11 is 0. The van der Waals surface area contributed by atoms with Crippen LogP contribution in [-0.4, -0.2) is 4.92 Å². The summed E-state index contributed by atoms with van der Waals surface area (Å²) in [5.41, 5.74) is 6.65. The molecule has 1 aliphatic rings.